The van der Waals surface area contributed by atoms with Gasteiger partial charge in [-0.3, -0.25) is 4.89 Å². The Hall–Kier alpha value is -2.03. The first kappa shape index (κ1) is 29.0. The first-order chi connectivity index (χ1) is 15.2. The van der Waals surface area contributed by atoms with Gasteiger partial charge in [0.1, 0.15) is 5.60 Å². The van der Waals surface area contributed by atoms with Crippen LogP contribution in [0, 0.1) is 5.92 Å². The molecule has 2 aromatic carbocycles. The molecule has 0 saturated carbocycles. The fraction of sp³-hybridized carbons (Fsp3) is 0.318. The van der Waals surface area contributed by atoms with E-state index in [0.717, 1.165) is 0 Å². The van der Waals surface area contributed by atoms with E-state index in [1.165, 1.54) is 36.4 Å². The van der Waals surface area contributed by atoms with Crippen molar-refractivity contribution < 1.29 is 33.9 Å². The summed E-state index contributed by atoms with van der Waals surface area (Å²) in [6, 6.07) is 8.30. The fourth-order valence-electron chi connectivity index (χ4n) is 1.74. The van der Waals surface area contributed by atoms with Crippen molar-refractivity contribution in [3.63, 3.8) is 0 Å². The summed E-state index contributed by atoms with van der Waals surface area (Å²) < 4.78 is 0. The molecule has 0 saturated heterocycles. The third kappa shape index (κ3) is 10.6. The van der Waals surface area contributed by atoms with Gasteiger partial charge in [-0.2, -0.15) is 4.89 Å². The van der Waals surface area contributed by atoms with E-state index in [2.05, 4.69) is 14.7 Å². The molecule has 7 nitrogen and oxygen atoms in total. The molecule has 2 rings (SSSR count). The first-order valence-electron chi connectivity index (χ1n) is 9.44. The lowest BCUT2D eigenvalue weighted by atomic mass is 10.2. The molecule has 33 heavy (non-hydrogen) atoms. The monoisotopic (exact) mass is 538 g/mol. The lowest BCUT2D eigenvalue weighted by molar-refractivity contribution is -0.322. The quantitative estimate of drug-likeness (QED) is 0.301. The normalized spacial score (nSPS) is 10.7. The lowest BCUT2D eigenvalue weighted by Crippen LogP contribution is -2.23. The van der Waals surface area contributed by atoms with Crippen LogP contribution in [0.2, 0.25) is 20.1 Å². The third-order valence-electron chi connectivity index (χ3n) is 3.34. The molecule has 0 atom stereocenters. The van der Waals surface area contributed by atoms with Crippen LogP contribution in [0.1, 0.15) is 55.3 Å². The summed E-state index contributed by atoms with van der Waals surface area (Å²) in [4.78, 5) is 52.6. The minimum atomic E-state index is -0.944. The zero-order chi connectivity index (χ0) is 25.3. The van der Waals surface area contributed by atoms with Gasteiger partial charge in [0.25, 0.3) is 0 Å². The van der Waals surface area contributed by atoms with E-state index < -0.39 is 17.5 Å². The summed E-state index contributed by atoms with van der Waals surface area (Å²) in [7, 11) is 0. The van der Waals surface area contributed by atoms with Gasteiger partial charge in [-0.25, -0.2) is 24.2 Å². The summed E-state index contributed by atoms with van der Waals surface area (Å²) in [5.41, 5.74) is -0.424. The van der Waals surface area contributed by atoms with Crippen LogP contribution in [0.3, 0.4) is 0 Å². The second-order valence-electron chi connectivity index (χ2n) is 7.74. The van der Waals surface area contributed by atoms with Crippen LogP contribution in [-0.2, 0) is 24.3 Å². The molecule has 0 aromatic heterocycles. The van der Waals surface area contributed by atoms with E-state index in [1.807, 2.05) is 20.8 Å². The molecular weight excluding hydrogens is 518 g/mol. The Kier molecular flexibility index (Phi) is 11.4. The molecule has 0 aliphatic rings. The van der Waals surface area contributed by atoms with Crippen molar-refractivity contribution in [2.45, 2.75) is 40.2 Å². The molecule has 0 spiro atoms. The Bertz CT molecular complexity index is 937. The molecule has 0 aliphatic heterocycles. The number of halogens is 4. The van der Waals surface area contributed by atoms with E-state index in [0.29, 0.717) is 10.0 Å². The van der Waals surface area contributed by atoms with E-state index in [-0.39, 0.29) is 33.1 Å². The Labute approximate surface area is 211 Å². The van der Waals surface area contributed by atoms with Gasteiger partial charge in [0.15, 0.2) is 0 Å². The van der Waals surface area contributed by atoms with E-state index in [4.69, 9.17) is 51.3 Å². The molecule has 0 aliphatic carbocycles. The standard InChI is InChI=1S/C14H6Cl4O4.C8H16O3/c15-7-1-3-9(11(17)5-7)13(19)21-22-14(20)10-4-2-8(16)6-12(10)18;1-6(2)7(9)10-11-8(3,4)5/h1-6H;6H,1-5H3. The van der Waals surface area contributed by atoms with Crippen LogP contribution in [0.25, 0.3) is 0 Å². The maximum absolute atomic E-state index is 11.8. The average molecular weight is 540 g/mol. The van der Waals surface area contributed by atoms with Crippen LogP contribution >= 0.6 is 46.4 Å². The van der Waals surface area contributed by atoms with Gasteiger partial charge in [-0.15, -0.1) is 0 Å². The maximum Gasteiger partial charge on any atom is 0.387 e. The molecule has 0 heterocycles. The molecule has 0 radical (unpaired) electrons. The Morgan fingerprint density at radius 3 is 1.42 bits per heavy atom. The van der Waals surface area contributed by atoms with Gasteiger partial charge in [0.05, 0.1) is 27.1 Å². The number of hydrogen-bond acceptors (Lipinski definition) is 7. The van der Waals surface area contributed by atoms with Crippen molar-refractivity contribution in [2.75, 3.05) is 0 Å². The topological polar surface area (TPSA) is 88.1 Å². The van der Waals surface area contributed by atoms with Crippen LogP contribution in [0.5, 0.6) is 0 Å². The SMILES string of the molecule is CC(C)C(=O)OOC(C)(C)C.O=C(OOC(=O)c1ccc(Cl)cc1Cl)c1ccc(Cl)cc1Cl. The number of benzene rings is 2. The highest BCUT2D eigenvalue weighted by Gasteiger charge is 2.19. The van der Waals surface area contributed by atoms with Crippen molar-refractivity contribution in [1.82, 2.24) is 0 Å². The molecule has 180 valence electrons. The van der Waals surface area contributed by atoms with E-state index in [1.54, 1.807) is 13.8 Å². The summed E-state index contributed by atoms with van der Waals surface area (Å²) >= 11 is 23.1. The van der Waals surface area contributed by atoms with Gasteiger partial charge < -0.3 is 0 Å². The fourth-order valence-corrected chi connectivity index (χ4v) is 2.71. The smallest absolute Gasteiger partial charge is 0.298 e. The first-order valence-corrected chi connectivity index (χ1v) is 10.9. The second-order valence-corrected chi connectivity index (χ2v) is 9.43. The number of hydrogen-bond donors (Lipinski definition) is 0. The Balaban J connectivity index is 0.000000420. The second kappa shape index (κ2) is 13.0. The van der Waals surface area contributed by atoms with Crippen molar-refractivity contribution >= 4 is 64.3 Å². The zero-order valence-corrected chi connectivity index (χ0v) is 21.4. The molecule has 0 amide bonds. The summed E-state index contributed by atoms with van der Waals surface area (Å²) in [5, 5.41) is 0.842. The highest BCUT2D eigenvalue weighted by molar-refractivity contribution is 6.37. The minimum absolute atomic E-state index is 0.000990. The van der Waals surface area contributed by atoms with E-state index >= 15 is 0 Å². The number of rotatable bonds is 4. The van der Waals surface area contributed by atoms with Gasteiger partial charge in [0.2, 0.25) is 0 Å². The van der Waals surface area contributed by atoms with Crippen LogP contribution in [-0.4, -0.2) is 23.5 Å². The molecule has 2 aromatic rings. The zero-order valence-electron chi connectivity index (χ0n) is 18.4. The van der Waals surface area contributed by atoms with Gasteiger partial charge in [-0.05, 0) is 57.2 Å². The largest absolute Gasteiger partial charge is 0.387 e. The Morgan fingerprint density at radius 2 is 1.12 bits per heavy atom. The molecular formula is C22H22Cl4O7. The predicted molar refractivity (Wildman–Crippen MR) is 126 cm³/mol. The summed E-state index contributed by atoms with van der Waals surface area (Å²) in [5.74, 6) is -2.36. The van der Waals surface area contributed by atoms with Gasteiger partial charge in [0, 0.05) is 10.0 Å². The Morgan fingerprint density at radius 1 is 0.727 bits per heavy atom. The third-order valence-corrected chi connectivity index (χ3v) is 4.44. The molecule has 0 unspecified atom stereocenters. The minimum Gasteiger partial charge on any atom is -0.298 e. The predicted octanol–water partition coefficient (Wildman–Crippen LogP) is 7.14. The summed E-state index contributed by atoms with van der Waals surface area (Å²) in [6.07, 6.45) is 0. The maximum atomic E-state index is 11.8. The van der Waals surface area contributed by atoms with E-state index in [9.17, 15) is 14.4 Å². The average Bonchev–Trinajstić information content (AvgIpc) is 2.69. The number of carbonyl (C=O) groups is 3. The molecule has 0 N–H and O–H groups in total. The molecule has 11 heteroatoms. The van der Waals surface area contributed by atoms with Crippen molar-refractivity contribution in [3.8, 4) is 0 Å². The van der Waals surface area contributed by atoms with Crippen LogP contribution < -0.4 is 0 Å². The van der Waals surface area contributed by atoms with Gasteiger partial charge >= 0.3 is 17.9 Å². The summed E-state index contributed by atoms with van der Waals surface area (Å²) in [6.45, 7) is 8.98. The van der Waals surface area contributed by atoms with Crippen LogP contribution in [0.4, 0.5) is 0 Å². The lowest BCUT2D eigenvalue weighted by Gasteiger charge is -2.17. The van der Waals surface area contributed by atoms with Crippen LogP contribution in [0.15, 0.2) is 36.4 Å². The highest BCUT2D eigenvalue weighted by atomic mass is 35.5. The van der Waals surface area contributed by atoms with Gasteiger partial charge in [-0.1, -0.05) is 60.3 Å². The van der Waals surface area contributed by atoms with Crippen molar-refractivity contribution in [3.05, 3.63) is 67.6 Å². The highest BCUT2D eigenvalue weighted by Crippen LogP contribution is 2.23. The van der Waals surface area contributed by atoms with Crippen molar-refractivity contribution in [1.29, 1.82) is 0 Å². The van der Waals surface area contributed by atoms with Crippen molar-refractivity contribution in [2.24, 2.45) is 5.92 Å². The molecule has 0 fully saturated rings. The molecule has 0 bridgehead atoms. The number of carbonyl (C=O) groups excluding carboxylic acids is 3.